The van der Waals surface area contributed by atoms with Crippen molar-refractivity contribution in [2.24, 2.45) is 5.41 Å². The Morgan fingerprint density at radius 3 is 2.43 bits per heavy atom. The number of nitrogens with zero attached hydrogens (tertiary/aromatic N) is 1. The maximum Gasteiger partial charge on any atom is 0.390 e. The van der Waals surface area contributed by atoms with Gasteiger partial charge in [-0.15, -0.1) is 0 Å². The van der Waals surface area contributed by atoms with E-state index >= 15 is 0 Å². The van der Waals surface area contributed by atoms with Crippen LogP contribution in [-0.4, -0.2) is 17.1 Å². The predicted octanol–water partition coefficient (Wildman–Crippen LogP) is 5.96. The number of carbonyl (C=O) groups is 1. The van der Waals surface area contributed by atoms with Crippen molar-refractivity contribution >= 4 is 22.5 Å². The highest BCUT2D eigenvalue weighted by molar-refractivity contribution is 5.97. The summed E-state index contributed by atoms with van der Waals surface area (Å²) in [7, 11) is 0. The molecule has 1 amide bonds. The lowest BCUT2D eigenvalue weighted by atomic mass is 9.79. The Morgan fingerprint density at radius 1 is 1.07 bits per heavy atom. The molecule has 3 rings (SSSR count). The van der Waals surface area contributed by atoms with Crippen molar-refractivity contribution in [3.05, 3.63) is 71.4 Å². The number of nitrogens with one attached hydrogen (secondary N) is 1. The van der Waals surface area contributed by atoms with E-state index in [4.69, 9.17) is 0 Å². The van der Waals surface area contributed by atoms with Crippen molar-refractivity contribution in [1.29, 1.82) is 0 Å². The number of pyridine rings is 1. The average Bonchev–Trinajstić information content (AvgIpc) is 2.61. The molecule has 30 heavy (non-hydrogen) atoms. The highest BCUT2D eigenvalue weighted by Crippen LogP contribution is 2.38. The lowest BCUT2D eigenvalue weighted by Gasteiger charge is -2.30. The Bertz CT molecular complexity index is 1100. The molecule has 1 atom stereocenters. The molecule has 3 aromatic rings. The van der Waals surface area contributed by atoms with Gasteiger partial charge in [-0.3, -0.25) is 4.79 Å². The molecule has 0 unspecified atom stereocenters. The summed E-state index contributed by atoms with van der Waals surface area (Å²) in [6.07, 6.45) is -6.32. The number of hydrogen-bond acceptors (Lipinski definition) is 2. The van der Waals surface area contributed by atoms with E-state index in [9.17, 15) is 26.7 Å². The van der Waals surface area contributed by atoms with Gasteiger partial charge in [-0.1, -0.05) is 31.2 Å². The van der Waals surface area contributed by atoms with Crippen LogP contribution in [0.4, 0.5) is 27.6 Å². The van der Waals surface area contributed by atoms with E-state index in [-0.39, 0.29) is 28.9 Å². The molecule has 1 N–H and O–H groups in total. The molecule has 0 spiro atoms. The van der Waals surface area contributed by atoms with Gasteiger partial charge < -0.3 is 5.32 Å². The highest BCUT2D eigenvalue weighted by atomic mass is 19.4. The van der Waals surface area contributed by atoms with E-state index in [0.29, 0.717) is 5.39 Å². The Balaban J connectivity index is 1.95. The monoisotopic (exact) mass is 422 g/mol. The minimum absolute atomic E-state index is 0.103. The maximum atomic E-state index is 13.9. The van der Waals surface area contributed by atoms with Gasteiger partial charge in [0.05, 0.1) is 23.2 Å². The molecule has 0 aliphatic carbocycles. The van der Waals surface area contributed by atoms with Crippen molar-refractivity contribution < 1.29 is 26.7 Å². The SMILES string of the molecule is Cc1nc2c(F)cccc2cc1NC(=O)[C@](C)(Cc1cccc(F)c1)CC(F)(F)F. The van der Waals surface area contributed by atoms with E-state index in [1.165, 1.54) is 50.2 Å². The third kappa shape index (κ3) is 4.93. The highest BCUT2D eigenvalue weighted by Gasteiger charge is 2.44. The zero-order chi connectivity index (χ0) is 22.1. The molecule has 1 heterocycles. The first kappa shape index (κ1) is 21.7. The van der Waals surface area contributed by atoms with Crippen LogP contribution in [0, 0.1) is 24.0 Å². The van der Waals surface area contributed by atoms with Gasteiger partial charge in [0.2, 0.25) is 5.91 Å². The number of para-hydroxylation sites is 1. The minimum Gasteiger partial charge on any atom is -0.324 e. The number of aryl methyl sites for hydroxylation is 1. The van der Waals surface area contributed by atoms with Gasteiger partial charge in [-0.2, -0.15) is 13.2 Å². The lowest BCUT2D eigenvalue weighted by molar-refractivity contribution is -0.164. The summed E-state index contributed by atoms with van der Waals surface area (Å²) < 4.78 is 67.2. The summed E-state index contributed by atoms with van der Waals surface area (Å²) in [4.78, 5) is 17.1. The third-order valence-electron chi connectivity index (χ3n) is 4.86. The summed E-state index contributed by atoms with van der Waals surface area (Å²) in [6.45, 7) is 2.71. The van der Waals surface area contributed by atoms with Gasteiger partial charge in [0.1, 0.15) is 17.2 Å². The fourth-order valence-corrected chi connectivity index (χ4v) is 3.42. The van der Waals surface area contributed by atoms with Gasteiger partial charge in [-0.25, -0.2) is 13.8 Å². The third-order valence-corrected chi connectivity index (χ3v) is 4.86. The second-order valence-corrected chi connectivity index (χ2v) is 7.55. The van der Waals surface area contributed by atoms with E-state index in [0.717, 1.165) is 6.07 Å². The number of carbonyl (C=O) groups excluding carboxylic acids is 1. The van der Waals surface area contributed by atoms with Crippen molar-refractivity contribution in [3.8, 4) is 0 Å². The van der Waals surface area contributed by atoms with Gasteiger partial charge in [-0.05, 0) is 43.2 Å². The number of rotatable bonds is 5. The van der Waals surface area contributed by atoms with Gasteiger partial charge in [0.25, 0.3) is 0 Å². The van der Waals surface area contributed by atoms with E-state index in [1.54, 1.807) is 6.07 Å². The zero-order valence-electron chi connectivity index (χ0n) is 16.3. The molecular weight excluding hydrogens is 403 g/mol. The summed E-state index contributed by atoms with van der Waals surface area (Å²) in [5, 5.41) is 2.90. The van der Waals surface area contributed by atoms with Crippen LogP contribution in [0.3, 0.4) is 0 Å². The Labute approximate surface area is 169 Å². The second-order valence-electron chi connectivity index (χ2n) is 7.55. The number of halogens is 5. The van der Waals surface area contributed by atoms with E-state index in [2.05, 4.69) is 10.3 Å². The molecule has 1 aromatic heterocycles. The molecule has 0 saturated carbocycles. The fraction of sp³-hybridized carbons (Fsp3) is 0.273. The Morgan fingerprint density at radius 2 is 1.77 bits per heavy atom. The van der Waals surface area contributed by atoms with Crippen molar-refractivity contribution in [3.63, 3.8) is 0 Å². The first-order valence-electron chi connectivity index (χ1n) is 9.15. The molecule has 0 aliphatic rings. The second kappa shape index (κ2) is 8.01. The summed E-state index contributed by atoms with van der Waals surface area (Å²) in [5.74, 6) is -2.02. The quantitative estimate of drug-likeness (QED) is 0.516. The number of aromatic nitrogens is 1. The smallest absolute Gasteiger partial charge is 0.324 e. The molecule has 0 saturated heterocycles. The predicted molar refractivity (Wildman–Crippen MR) is 104 cm³/mol. The summed E-state index contributed by atoms with van der Waals surface area (Å²) >= 11 is 0. The minimum atomic E-state index is -4.61. The number of amides is 1. The van der Waals surface area contributed by atoms with Gasteiger partial charge in [0, 0.05) is 5.39 Å². The van der Waals surface area contributed by atoms with Crippen LogP contribution in [0.25, 0.3) is 10.9 Å². The first-order chi connectivity index (χ1) is 14.0. The Hall–Kier alpha value is -3.03. The normalized spacial score (nSPS) is 13.8. The van der Waals surface area contributed by atoms with Crippen LogP contribution in [0.2, 0.25) is 0 Å². The molecule has 0 fully saturated rings. The zero-order valence-corrected chi connectivity index (χ0v) is 16.3. The number of anilines is 1. The van der Waals surface area contributed by atoms with Gasteiger partial charge >= 0.3 is 6.18 Å². The van der Waals surface area contributed by atoms with Crippen molar-refractivity contribution in [1.82, 2.24) is 4.98 Å². The number of fused-ring (bicyclic) bond motifs is 1. The molecule has 2 aromatic carbocycles. The fourth-order valence-electron chi connectivity index (χ4n) is 3.42. The maximum absolute atomic E-state index is 13.9. The standard InChI is InChI=1S/C22H19F5N2O/c1-13-18(10-15-6-4-8-17(24)19(15)28-13)29-20(30)21(2,12-22(25,26)27)11-14-5-3-7-16(23)9-14/h3-10H,11-12H2,1-2H3,(H,29,30)/t21-/m1/s1. The van der Waals surface area contributed by atoms with Crippen LogP contribution < -0.4 is 5.32 Å². The molecule has 3 nitrogen and oxygen atoms in total. The molecule has 0 bridgehead atoms. The van der Waals surface area contributed by atoms with E-state index < -0.39 is 35.6 Å². The van der Waals surface area contributed by atoms with Crippen LogP contribution in [-0.2, 0) is 11.2 Å². The molecule has 0 aliphatic heterocycles. The molecular formula is C22H19F5N2O. The Kier molecular flexibility index (Phi) is 5.78. The van der Waals surface area contributed by atoms with Crippen molar-refractivity contribution in [2.45, 2.75) is 32.9 Å². The number of benzene rings is 2. The first-order valence-corrected chi connectivity index (χ1v) is 9.15. The molecule has 158 valence electrons. The summed E-state index contributed by atoms with van der Waals surface area (Å²) in [5.41, 5.74) is -1.07. The largest absolute Gasteiger partial charge is 0.390 e. The summed E-state index contributed by atoms with van der Waals surface area (Å²) in [6, 6.07) is 10.9. The van der Waals surface area contributed by atoms with E-state index in [1.807, 2.05) is 0 Å². The lowest BCUT2D eigenvalue weighted by Crippen LogP contribution is -2.39. The number of hydrogen-bond donors (Lipinski definition) is 1. The molecule has 0 radical (unpaired) electrons. The van der Waals surface area contributed by atoms with Gasteiger partial charge in [0.15, 0.2) is 0 Å². The van der Waals surface area contributed by atoms with Crippen LogP contribution in [0.15, 0.2) is 48.5 Å². The van der Waals surface area contributed by atoms with Crippen LogP contribution in [0.5, 0.6) is 0 Å². The average molecular weight is 422 g/mol. The van der Waals surface area contributed by atoms with Crippen LogP contribution >= 0.6 is 0 Å². The van der Waals surface area contributed by atoms with Crippen LogP contribution in [0.1, 0.15) is 24.6 Å². The molecule has 8 heteroatoms. The van der Waals surface area contributed by atoms with Crippen molar-refractivity contribution in [2.75, 3.05) is 5.32 Å². The number of alkyl halides is 3. The topological polar surface area (TPSA) is 42.0 Å².